The number of halogens is 1. The third kappa shape index (κ3) is 6.11. The van der Waals surface area contributed by atoms with Crippen LogP contribution < -0.4 is 14.8 Å². The second-order valence-corrected chi connectivity index (χ2v) is 12.0. The number of nitrogens with one attached hydrogen (secondary N) is 1. The monoisotopic (exact) mass is 602 g/mol. The van der Waals surface area contributed by atoms with Crippen molar-refractivity contribution in [2.45, 2.75) is 70.2 Å². The topological polar surface area (TPSA) is 115 Å². The van der Waals surface area contributed by atoms with Gasteiger partial charge in [-0.05, 0) is 70.2 Å². The molecule has 230 valence electrons. The van der Waals surface area contributed by atoms with Gasteiger partial charge in [-0.2, -0.15) is 0 Å². The van der Waals surface area contributed by atoms with Gasteiger partial charge < -0.3 is 29.5 Å². The maximum absolute atomic E-state index is 14.9. The number of carbonyl (C=O) groups excluding carboxylic acids is 2. The summed E-state index contributed by atoms with van der Waals surface area (Å²) in [6, 6.07) is 10.1. The first-order chi connectivity index (χ1) is 20.9. The molecule has 3 heterocycles. The number of carbonyl (C=O) groups is 2. The van der Waals surface area contributed by atoms with Gasteiger partial charge in [0.1, 0.15) is 22.9 Å². The lowest BCUT2D eigenvalue weighted by Gasteiger charge is -2.39. The van der Waals surface area contributed by atoms with Crippen molar-refractivity contribution in [3.63, 3.8) is 0 Å². The average molecular weight is 603 g/mol. The van der Waals surface area contributed by atoms with Gasteiger partial charge in [0.2, 0.25) is 5.69 Å². The third-order valence-corrected chi connectivity index (χ3v) is 7.92. The number of nitrogens with zero attached hydrogens (tertiary/aromatic N) is 3. The number of hydrogen-bond donors (Lipinski definition) is 2. The molecular formula is C33H35FN4O6. The molecule has 2 bridgehead atoms. The minimum absolute atomic E-state index is 0.106. The molecule has 2 amide bonds. The summed E-state index contributed by atoms with van der Waals surface area (Å²) in [6.45, 7) is 12.7. The lowest BCUT2D eigenvalue weighted by Crippen LogP contribution is -2.53. The molecule has 2 unspecified atom stereocenters. The normalized spacial score (nSPS) is 19.2. The summed E-state index contributed by atoms with van der Waals surface area (Å²) in [5.74, 6) is -0.577. The zero-order valence-electron chi connectivity index (χ0n) is 25.3. The van der Waals surface area contributed by atoms with E-state index < -0.39 is 17.5 Å². The maximum Gasteiger partial charge on any atom is 0.407 e. The van der Waals surface area contributed by atoms with Crippen molar-refractivity contribution < 1.29 is 33.3 Å². The summed E-state index contributed by atoms with van der Waals surface area (Å²) in [5.41, 5.74) is 0.876. The highest BCUT2D eigenvalue weighted by Gasteiger charge is 2.44. The molecule has 2 aromatic carbocycles. The lowest BCUT2D eigenvalue weighted by atomic mass is 9.95. The van der Waals surface area contributed by atoms with Crippen molar-refractivity contribution >= 4 is 17.7 Å². The molecule has 44 heavy (non-hydrogen) atoms. The van der Waals surface area contributed by atoms with Gasteiger partial charge in [0.15, 0.2) is 11.5 Å². The second-order valence-electron chi connectivity index (χ2n) is 12.0. The van der Waals surface area contributed by atoms with Gasteiger partial charge in [-0.3, -0.25) is 4.79 Å². The Morgan fingerprint density at radius 1 is 1.02 bits per heavy atom. The summed E-state index contributed by atoms with van der Waals surface area (Å²) in [4.78, 5) is 36.3. The van der Waals surface area contributed by atoms with Crippen molar-refractivity contribution in [2.24, 2.45) is 0 Å². The van der Waals surface area contributed by atoms with Crippen LogP contribution in [0.3, 0.4) is 0 Å². The predicted octanol–water partition coefficient (Wildman–Crippen LogP) is 6.49. The Morgan fingerprint density at radius 2 is 1.68 bits per heavy atom. The molecule has 5 rings (SSSR count). The summed E-state index contributed by atoms with van der Waals surface area (Å²) in [7, 11) is 2.90. The number of aromatic hydroxyl groups is 1. The van der Waals surface area contributed by atoms with Crippen LogP contribution in [-0.4, -0.2) is 64.9 Å². The van der Waals surface area contributed by atoms with Gasteiger partial charge in [0.05, 0.1) is 32.0 Å². The number of methoxy groups -OCH3 is 2. The maximum atomic E-state index is 14.9. The number of phenolic OH excluding ortho intramolecular Hbond substituents is 1. The van der Waals surface area contributed by atoms with E-state index in [0.29, 0.717) is 35.3 Å². The van der Waals surface area contributed by atoms with Crippen LogP contribution in [-0.2, 0) is 4.74 Å². The van der Waals surface area contributed by atoms with Crippen LogP contribution in [0.5, 0.6) is 17.2 Å². The van der Waals surface area contributed by atoms with Gasteiger partial charge in [0.25, 0.3) is 5.91 Å². The summed E-state index contributed by atoms with van der Waals surface area (Å²) >= 11 is 0. The van der Waals surface area contributed by atoms with Crippen molar-refractivity contribution in [3.8, 4) is 39.6 Å². The first-order valence-electron chi connectivity index (χ1n) is 14.4. The standard InChI is InChI=1S/C33H35FN4O6/c1-33(2,3)44-32(41)36-20-15-21-9-10-22(16-20)38(21)31(40)25-17-28(43-6)29(18-8-12-27(42-5)26(39)14-18)30(37-25)19-7-11-24(35-4)23(34)13-19/h7-8,11-14,17,20-22,39H,9-10,15-16H2,1-3,5-6H3,(H,36,41). The van der Waals surface area contributed by atoms with E-state index in [1.54, 1.807) is 24.3 Å². The molecule has 0 radical (unpaired) electrons. The minimum Gasteiger partial charge on any atom is -0.504 e. The number of hydrogen-bond acceptors (Lipinski definition) is 7. The number of ether oxygens (including phenoxy) is 3. The van der Waals surface area contributed by atoms with E-state index >= 15 is 0 Å². The molecule has 2 fully saturated rings. The van der Waals surface area contributed by atoms with Crippen LogP contribution in [0.15, 0.2) is 42.5 Å². The van der Waals surface area contributed by atoms with Crippen LogP contribution in [0.25, 0.3) is 27.2 Å². The Bertz CT molecular complexity index is 1630. The number of rotatable bonds is 6. The van der Waals surface area contributed by atoms with E-state index in [2.05, 4.69) is 10.2 Å². The molecule has 0 spiro atoms. The average Bonchev–Trinajstić information content (AvgIpc) is 3.24. The zero-order valence-corrected chi connectivity index (χ0v) is 25.3. The minimum atomic E-state index is -0.726. The van der Waals surface area contributed by atoms with E-state index in [0.717, 1.165) is 12.8 Å². The summed E-state index contributed by atoms with van der Waals surface area (Å²) < 4.78 is 31.2. The van der Waals surface area contributed by atoms with E-state index in [9.17, 15) is 19.1 Å². The smallest absolute Gasteiger partial charge is 0.407 e. The van der Waals surface area contributed by atoms with Crippen molar-refractivity contribution in [3.05, 3.63) is 65.4 Å². The van der Waals surface area contributed by atoms with E-state index in [4.69, 9.17) is 25.8 Å². The molecule has 2 aliphatic rings. The van der Waals surface area contributed by atoms with E-state index in [1.807, 2.05) is 25.7 Å². The summed E-state index contributed by atoms with van der Waals surface area (Å²) in [6.07, 6.45) is 2.27. The van der Waals surface area contributed by atoms with Gasteiger partial charge in [-0.25, -0.2) is 19.0 Å². The van der Waals surface area contributed by atoms with Gasteiger partial charge in [-0.1, -0.05) is 18.2 Å². The fourth-order valence-corrected chi connectivity index (χ4v) is 6.10. The summed E-state index contributed by atoms with van der Waals surface area (Å²) in [5, 5.41) is 13.5. The van der Waals surface area contributed by atoms with E-state index in [1.165, 1.54) is 32.4 Å². The van der Waals surface area contributed by atoms with Crippen LogP contribution in [0, 0.1) is 12.4 Å². The molecule has 2 N–H and O–H groups in total. The molecule has 0 aliphatic carbocycles. The molecule has 10 nitrogen and oxygen atoms in total. The largest absolute Gasteiger partial charge is 0.504 e. The van der Waals surface area contributed by atoms with Gasteiger partial charge >= 0.3 is 6.09 Å². The van der Waals surface area contributed by atoms with Crippen LogP contribution in [0.2, 0.25) is 0 Å². The van der Waals surface area contributed by atoms with Crippen LogP contribution >= 0.6 is 0 Å². The molecule has 0 saturated carbocycles. The molecule has 3 aromatic rings. The van der Waals surface area contributed by atoms with Crippen molar-refractivity contribution in [2.75, 3.05) is 14.2 Å². The Kier molecular flexibility index (Phi) is 8.37. The lowest BCUT2D eigenvalue weighted by molar-refractivity contribution is 0.0416. The molecule has 11 heteroatoms. The quantitative estimate of drug-likeness (QED) is 0.310. The first kappa shape index (κ1) is 30.6. The Labute approximate surface area is 255 Å². The second kappa shape index (κ2) is 12.0. The van der Waals surface area contributed by atoms with Crippen molar-refractivity contribution in [1.29, 1.82) is 0 Å². The number of amides is 2. The Morgan fingerprint density at radius 3 is 2.25 bits per heavy atom. The fourth-order valence-electron chi connectivity index (χ4n) is 6.10. The van der Waals surface area contributed by atoms with Gasteiger partial charge in [-0.15, -0.1) is 0 Å². The highest BCUT2D eigenvalue weighted by atomic mass is 19.1. The molecule has 2 aliphatic heterocycles. The number of pyridine rings is 1. The fraction of sp³-hybridized carbons (Fsp3) is 0.394. The zero-order chi connectivity index (χ0) is 31.8. The number of piperidine rings is 1. The number of phenols is 1. The van der Waals surface area contributed by atoms with Crippen LogP contribution in [0.4, 0.5) is 14.9 Å². The van der Waals surface area contributed by atoms with Crippen molar-refractivity contribution in [1.82, 2.24) is 15.2 Å². The third-order valence-electron chi connectivity index (χ3n) is 7.92. The molecule has 2 saturated heterocycles. The molecular weight excluding hydrogens is 567 g/mol. The number of fused-ring (bicyclic) bond motifs is 2. The highest BCUT2D eigenvalue weighted by Crippen LogP contribution is 2.43. The predicted molar refractivity (Wildman–Crippen MR) is 161 cm³/mol. The van der Waals surface area contributed by atoms with Crippen LogP contribution in [0.1, 0.15) is 56.9 Å². The highest BCUT2D eigenvalue weighted by molar-refractivity contribution is 5.97. The number of benzene rings is 2. The molecule has 1 aromatic heterocycles. The molecule has 2 atom stereocenters. The Hall–Kier alpha value is -4.85. The first-order valence-corrected chi connectivity index (χ1v) is 14.4. The Balaban J connectivity index is 1.53. The number of aromatic nitrogens is 1. The van der Waals surface area contributed by atoms with E-state index in [-0.39, 0.29) is 52.6 Å². The SMILES string of the molecule is [C-]#[N+]c1ccc(-c2nc(C(=O)N3C4CCC3CC(NC(=O)OC(C)(C)C)C4)cc(OC)c2-c2ccc(OC)c(O)c2)cc1F. The van der Waals surface area contributed by atoms with Gasteiger partial charge in [0, 0.05) is 29.8 Å². The number of alkyl carbamates (subject to hydrolysis) is 1.